The first-order chi connectivity index (χ1) is 15.2. The second kappa shape index (κ2) is 9.44. The molecule has 0 unspecified atom stereocenters. The van der Waals surface area contributed by atoms with E-state index in [0.29, 0.717) is 29.5 Å². The lowest BCUT2D eigenvalue weighted by atomic mass is 10.1. The molecule has 0 fully saturated rings. The number of aryl methyl sites for hydroxylation is 1. The highest BCUT2D eigenvalue weighted by Crippen LogP contribution is 2.35. The predicted molar refractivity (Wildman–Crippen MR) is 121 cm³/mol. The summed E-state index contributed by atoms with van der Waals surface area (Å²) in [4.78, 5) is 34.5. The summed E-state index contributed by atoms with van der Waals surface area (Å²) in [7, 11) is 0. The molecule has 0 bridgehead atoms. The molecule has 0 aliphatic carbocycles. The Morgan fingerprint density at radius 2 is 1.87 bits per heavy atom. The number of nitrogens with zero attached hydrogens (tertiary/aromatic N) is 4. The molecule has 156 valence electrons. The van der Waals surface area contributed by atoms with Crippen LogP contribution < -0.4 is 10.9 Å². The van der Waals surface area contributed by atoms with Crippen molar-refractivity contribution in [1.29, 1.82) is 0 Å². The number of pyridine rings is 1. The Morgan fingerprint density at radius 1 is 1.06 bits per heavy atom. The Kier molecular flexibility index (Phi) is 6.28. The number of amides is 1. The van der Waals surface area contributed by atoms with Gasteiger partial charge in [0.15, 0.2) is 5.01 Å². The summed E-state index contributed by atoms with van der Waals surface area (Å²) < 4.78 is 1.45. The normalized spacial score (nSPS) is 10.7. The smallest absolute Gasteiger partial charge is 0.280 e. The van der Waals surface area contributed by atoms with Crippen LogP contribution in [0.3, 0.4) is 0 Å². The zero-order valence-electron chi connectivity index (χ0n) is 17.0. The van der Waals surface area contributed by atoms with Gasteiger partial charge >= 0.3 is 0 Å². The van der Waals surface area contributed by atoms with Crippen LogP contribution in [-0.2, 0) is 13.1 Å². The van der Waals surface area contributed by atoms with Crippen molar-refractivity contribution < 1.29 is 4.79 Å². The molecule has 8 heteroatoms. The average molecular weight is 432 g/mol. The lowest BCUT2D eigenvalue weighted by molar-refractivity contribution is 0.0950. The summed E-state index contributed by atoms with van der Waals surface area (Å²) in [5, 5.41) is 7.72. The van der Waals surface area contributed by atoms with E-state index in [1.165, 1.54) is 22.1 Å². The molecule has 3 aromatic heterocycles. The van der Waals surface area contributed by atoms with Crippen LogP contribution in [0.15, 0.2) is 71.7 Å². The van der Waals surface area contributed by atoms with E-state index in [1.807, 2.05) is 55.5 Å². The molecular weight excluding hydrogens is 410 g/mol. The minimum absolute atomic E-state index is 0.148. The fraction of sp³-hybridized carbons (Fsp3) is 0.174. The first kappa shape index (κ1) is 20.6. The van der Waals surface area contributed by atoms with Crippen molar-refractivity contribution >= 4 is 17.2 Å². The molecule has 0 saturated carbocycles. The number of hydrogen-bond acceptors (Lipinski definition) is 6. The monoisotopic (exact) mass is 431 g/mol. The predicted octanol–water partition coefficient (Wildman–Crippen LogP) is 3.77. The van der Waals surface area contributed by atoms with Gasteiger partial charge in [0.05, 0.1) is 22.8 Å². The molecular formula is C23H21N5O2S. The van der Waals surface area contributed by atoms with E-state index in [1.54, 1.807) is 12.3 Å². The Hall–Kier alpha value is -3.65. The van der Waals surface area contributed by atoms with Crippen LogP contribution >= 0.6 is 11.3 Å². The van der Waals surface area contributed by atoms with E-state index >= 15 is 0 Å². The molecule has 0 atom stereocenters. The van der Waals surface area contributed by atoms with E-state index in [9.17, 15) is 9.59 Å². The molecule has 31 heavy (non-hydrogen) atoms. The van der Waals surface area contributed by atoms with Gasteiger partial charge in [-0.25, -0.2) is 9.67 Å². The Balaban J connectivity index is 1.71. The molecule has 0 aliphatic heterocycles. The van der Waals surface area contributed by atoms with Crippen molar-refractivity contribution in [3.8, 4) is 21.8 Å². The third-order valence-corrected chi connectivity index (χ3v) is 5.64. The molecule has 4 aromatic rings. The van der Waals surface area contributed by atoms with Crippen molar-refractivity contribution in [1.82, 2.24) is 25.1 Å². The van der Waals surface area contributed by atoms with E-state index in [0.717, 1.165) is 22.6 Å². The molecule has 0 spiro atoms. The van der Waals surface area contributed by atoms with Gasteiger partial charge in [-0.2, -0.15) is 5.10 Å². The second-order valence-corrected chi connectivity index (χ2v) is 7.85. The van der Waals surface area contributed by atoms with Gasteiger partial charge in [-0.1, -0.05) is 43.3 Å². The quantitative estimate of drug-likeness (QED) is 0.481. The Morgan fingerprint density at radius 3 is 2.61 bits per heavy atom. The minimum atomic E-state index is -0.277. The molecule has 3 heterocycles. The highest BCUT2D eigenvalue weighted by atomic mass is 32.1. The van der Waals surface area contributed by atoms with Crippen LogP contribution in [0.5, 0.6) is 0 Å². The zero-order chi connectivity index (χ0) is 21.6. The number of carbonyl (C=O) groups excluding carboxylic acids is 1. The highest BCUT2D eigenvalue weighted by Gasteiger charge is 2.20. The summed E-state index contributed by atoms with van der Waals surface area (Å²) in [6.45, 7) is 2.84. The lowest BCUT2D eigenvalue weighted by Gasteiger charge is -2.06. The van der Waals surface area contributed by atoms with Gasteiger partial charge in [0.2, 0.25) is 0 Å². The van der Waals surface area contributed by atoms with Gasteiger partial charge in [-0.15, -0.1) is 11.3 Å². The van der Waals surface area contributed by atoms with Crippen LogP contribution in [-0.4, -0.2) is 25.7 Å². The number of aromatic nitrogens is 4. The Labute approximate surface area is 183 Å². The van der Waals surface area contributed by atoms with Gasteiger partial charge < -0.3 is 5.32 Å². The van der Waals surface area contributed by atoms with E-state index in [-0.39, 0.29) is 11.5 Å². The number of thiazole rings is 1. The first-order valence-electron chi connectivity index (χ1n) is 9.98. The molecule has 1 amide bonds. The number of rotatable bonds is 7. The van der Waals surface area contributed by atoms with E-state index in [4.69, 9.17) is 0 Å². The standard InChI is InChI=1S/C23H21N5O2S/c1-2-14-28-19(29)12-11-18(27-28)21-20(16-8-4-3-5-9-16)26-23(31-21)22(30)25-15-17-10-6-7-13-24-17/h3-13H,2,14-15H2,1H3,(H,25,30). The fourth-order valence-electron chi connectivity index (χ4n) is 3.07. The molecule has 1 N–H and O–H groups in total. The molecule has 7 nitrogen and oxygen atoms in total. The number of benzene rings is 1. The van der Waals surface area contributed by atoms with Gasteiger partial charge in [0, 0.05) is 24.4 Å². The molecule has 4 rings (SSSR count). The fourth-order valence-corrected chi connectivity index (χ4v) is 4.04. The number of hydrogen-bond donors (Lipinski definition) is 1. The third-order valence-electron chi connectivity index (χ3n) is 4.56. The number of carbonyl (C=O) groups is 1. The lowest BCUT2D eigenvalue weighted by Crippen LogP contribution is -2.23. The van der Waals surface area contributed by atoms with Crippen molar-refractivity contribution in [2.45, 2.75) is 26.4 Å². The summed E-state index contributed by atoms with van der Waals surface area (Å²) in [6.07, 6.45) is 2.49. The highest BCUT2D eigenvalue weighted by molar-refractivity contribution is 7.17. The van der Waals surface area contributed by atoms with Gasteiger partial charge in [-0.05, 0) is 24.6 Å². The molecule has 0 aliphatic rings. The maximum Gasteiger partial charge on any atom is 0.280 e. The maximum atomic E-state index is 12.8. The Bertz CT molecular complexity index is 1240. The van der Waals surface area contributed by atoms with Gasteiger partial charge in [0.25, 0.3) is 11.5 Å². The third kappa shape index (κ3) is 4.75. The van der Waals surface area contributed by atoms with Crippen molar-refractivity contribution in [2.75, 3.05) is 0 Å². The summed E-state index contributed by atoms with van der Waals surface area (Å²) in [5.74, 6) is -0.277. The molecule has 0 saturated heterocycles. The summed E-state index contributed by atoms with van der Waals surface area (Å²) in [6, 6.07) is 18.4. The van der Waals surface area contributed by atoms with E-state index < -0.39 is 0 Å². The van der Waals surface area contributed by atoms with Crippen LogP contribution in [0.25, 0.3) is 21.8 Å². The minimum Gasteiger partial charge on any atom is -0.344 e. The second-order valence-electron chi connectivity index (χ2n) is 6.85. The zero-order valence-corrected chi connectivity index (χ0v) is 17.8. The van der Waals surface area contributed by atoms with Crippen molar-refractivity contribution in [2.24, 2.45) is 0 Å². The van der Waals surface area contributed by atoms with Crippen LogP contribution in [0.2, 0.25) is 0 Å². The van der Waals surface area contributed by atoms with Crippen molar-refractivity contribution in [3.63, 3.8) is 0 Å². The first-order valence-corrected chi connectivity index (χ1v) is 10.8. The number of nitrogens with one attached hydrogen (secondary N) is 1. The topological polar surface area (TPSA) is 89.8 Å². The van der Waals surface area contributed by atoms with E-state index in [2.05, 4.69) is 20.4 Å². The summed E-state index contributed by atoms with van der Waals surface area (Å²) >= 11 is 1.26. The van der Waals surface area contributed by atoms with Crippen molar-refractivity contribution in [3.05, 3.63) is 87.9 Å². The summed E-state index contributed by atoms with van der Waals surface area (Å²) in [5.41, 5.74) is 2.79. The van der Waals surface area contributed by atoms with Crippen LogP contribution in [0.1, 0.15) is 28.8 Å². The van der Waals surface area contributed by atoms with Crippen LogP contribution in [0, 0.1) is 0 Å². The molecule has 0 radical (unpaired) electrons. The maximum absolute atomic E-state index is 12.8. The average Bonchev–Trinajstić information content (AvgIpc) is 3.26. The van der Waals surface area contributed by atoms with Gasteiger partial charge in [-0.3, -0.25) is 14.6 Å². The largest absolute Gasteiger partial charge is 0.344 e. The van der Waals surface area contributed by atoms with Crippen LogP contribution in [0.4, 0.5) is 0 Å². The van der Waals surface area contributed by atoms with Gasteiger partial charge in [0.1, 0.15) is 5.69 Å². The SMILES string of the molecule is CCCn1nc(-c2sc(C(=O)NCc3ccccn3)nc2-c2ccccc2)ccc1=O. The molecule has 1 aromatic carbocycles.